The van der Waals surface area contributed by atoms with Gasteiger partial charge in [0.25, 0.3) is 0 Å². The summed E-state index contributed by atoms with van der Waals surface area (Å²) in [7, 11) is 0. The molecule has 0 aliphatic heterocycles. The van der Waals surface area contributed by atoms with E-state index >= 15 is 0 Å². The van der Waals surface area contributed by atoms with E-state index in [2.05, 4.69) is 22.0 Å². The zero-order valence-corrected chi connectivity index (χ0v) is 10.4. The third-order valence-corrected chi connectivity index (χ3v) is 2.62. The molecule has 2 aromatic heterocycles. The molecule has 0 unspecified atom stereocenters. The lowest BCUT2D eigenvalue weighted by atomic mass is 10.2. The summed E-state index contributed by atoms with van der Waals surface area (Å²) >= 11 is 0. The van der Waals surface area contributed by atoms with Crippen LogP contribution in [0.4, 0.5) is 0 Å². The number of rotatable bonds is 6. The van der Waals surface area contributed by atoms with Gasteiger partial charge in [-0.1, -0.05) is 26.2 Å². The smallest absolute Gasteiger partial charge is 0.311 e. The maximum Gasteiger partial charge on any atom is 0.311 e. The van der Waals surface area contributed by atoms with E-state index in [0.29, 0.717) is 17.8 Å². The standard InChI is InChI=1S/C12H16N4O2/c1-2-3-4-5-6-11(17)18-10-7-13-9-16-12(10)14-8-15-16/h7-9H,2-6H2,1H3. The number of aromatic nitrogens is 4. The molecule has 0 atom stereocenters. The zero-order valence-electron chi connectivity index (χ0n) is 10.4. The van der Waals surface area contributed by atoms with Crippen molar-refractivity contribution in [3.05, 3.63) is 18.9 Å². The molecule has 0 aliphatic carbocycles. The molecule has 0 saturated heterocycles. The SMILES string of the molecule is CCCCCCC(=O)Oc1cncn2ncnc12. The molecule has 6 heteroatoms. The van der Waals surface area contributed by atoms with Crippen LogP contribution in [-0.4, -0.2) is 25.6 Å². The molecule has 0 aromatic carbocycles. The minimum atomic E-state index is -0.246. The summed E-state index contributed by atoms with van der Waals surface area (Å²) in [5.41, 5.74) is 0.506. The lowest BCUT2D eigenvalue weighted by Gasteiger charge is -2.04. The Kier molecular flexibility index (Phi) is 4.22. The fourth-order valence-electron chi connectivity index (χ4n) is 1.67. The highest BCUT2D eigenvalue weighted by molar-refractivity contribution is 5.74. The van der Waals surface area contributed by atoms with Gasteiger partial charge in [-0.25, -0.2) is 9.97 Å². The molecule has 2 rings (SSSR count). The second-order valence-electron chi connectivity index (χ2n) is 4.07. The van der Waals surface area contributed by atoms with Gasteiger partial charge in [0.15, 0.2) is 5.75 Å². The fraction of sp³-hybridized carbons (Fsp3) is 0.500. The summed E-state index contributed by atoms with van der Waals surface area (Å²) in [5.74, 6) is 0.111. The first-order valence-electron chi connectivity index (χ1n) is 6.15. The number of unbranched alkanes of at least 4 members (excludes halogenated alkanes) is 3. The number of hydrogen-bond acceptors (Lipinski definition) is 5. The van der Waals surface area contributed by atoms with Gasteiger partial charge in [-0.3, -0.25) is 4.79 Å². The molecule has 0 N–H and O–H groups in total. The Balaban J connectivity index is 1.92. The third kappa shape index (κ3) is 3.03. The van der Waals surface area contributed by atoms with Crippen molar-refractivity contribution in [1.29, 1.82) is 0 Å². The van der Waals surface area contributed by atoms with Gasteiger partial charge >= 0.3 is 5.97 Å². The molecule has 0 fully saturated rings. The molecule has 0 aliphatic rings. The van der Waals surface area contributed by atoms with Crippen molar-refractivity contribution in [2.24, 2.45) is 0 Å². The Bertz CT molecular complexity index is 524. The van der Waals surface area contributed by atoms with E-state index in [-0.39, 0.29) is 5.97 Å². The van der Waals surface area contributed by atoms with Crippen LogP contribution < -0.4 is 4.74 Å². The van der Waals surface area contributed by atoms with Crippen molar-refractivity contribution >= 4 is 11.6 Å². The summed E-state index contributed by atoms with van der Waals surface area (Å²) in [6.07, 6.45) is 9.03. The predicted octanol–water partition coefficient (Wildman–Crippen LogP) is 2.00. The van der Waals surface area contributed by atoms with E-state index in [1.165, 1.54) is 23.4 Å². The van der Waals surface area contributed by atoms with Gasteiger partial charge in [-0.2, -0.15) is 9.61 Å². The Morgan fingerprint density at radius 2 is 2.28 bits per heavy atom. The minimum absolute atomic E-state index is 0.246. The molecule has 0 bridgehead atoms. The maximum atomic E-state index is 11.6. The third-order valence-electron chi connectivity index (χ3n) is 2.62. The Morgan fingerprint density at radius 1 is 1.39 bits per heavy atom. The molecular formula is C12H16N4O2. The van der Waals surface area contributed by atoms with Gasteiger partial charge in [0.05, 0.1) is 6.20 Å². The monoisotopic (exact) mass is 248 g/mol. The summed E-state index contributed by atoms with van der Waals surface area (Å²) < 4.78 is 6.71. The molecule has 2 aromatic rings. The summed E-state index contributed by atoms with van der Waals surface area (Å²) in [6, 6.07) is 0. The van der Waals surface area contributed by atoms with Crippen LogP contribution in [0.1, 0.15) is 39.0 Å². The first kappa shape index (κ1) is 12.5. The number of esters is 1. The second-order valence-corrected chi connectivity index (χ2v) is 4.07. The van der Waals surface area contributed by atoms with Crippen molar-refractivity contribution < 1.29 is 9.53 Å². The summed E-state index contributed by atoms with van der Waals surface area (Å²) in [5, 5.41) is 3.92. The number of ether oxygens (including phenoxy) is 1. The van der Waals surface area contributed by atoms with Gasteiger partial charge in [0.2, 0.25) is 5.65 Å². The normalized spacial score (nSPS) is 10.7. The number of nitrogens with zero attached hydrogens (tertiary/aromatic N) is 4. The van der Waals surface area contributed by atoms with E-state index in [1.54, 1.807) is 0 Å². The second kappa shape index (κ2) is 6.09. The average Bonchev–Trinajstić information content (AvgIpc) is 2.84. The average molecular weight is 248 g/mol. The summed E-state index contributed by atoms with van der Waals surface area (Å²) in [4.78, 5) is 19.6. The maximum absolute atomic E-state index is 11.6. The van der Waals surface area contributed by atoms with Crippen LogP contribution >= 0.6 is 0 Å². The van der Waals surface area contributed by atoms with E-state index in [1.807, 2.05) is 0 Å². The number of hydrogen-bond donors (Lipinski definition) is 0. The molecule has 0 amide bonds. The Labute approximate surface area is 105 Å². The summed E-state index contributed by atoms with van der Waals surface area (Å²) in [6.45, 7) is 2.13. The quantitative estimate of drug-likeness (QED) is 0.577. The van der Waals surface area contributed by atoms with E-state index in [9.17, 15) is 4.79 Å². The molecule has 6 nitrogen and oxygen atoms in total. The van der Waals surface area contributed by atoms with Gasteiger partial charge < -0.3 is 4.74 Å². The van der Waals surface area contributed by atoms with Gasteiger partial charge in [-0.15, -0.1) is 0 Å². The van der Waals surface area contributed by atoms with E-state index in [0.717, 1.165) is 25.7 Å². The van der Waals surface area contributed by atoms with Crippen molar-refractivity contribution in [2.45, 2.75) is 39.0 Å². The molecule has 0 spiro atoms. The highest BCUT2D eigenvalue weighted by atomic mass is 16.5. The highest BCUT2D eigenvalue weighted by Gasteiger charge is 2.10. The molecular weight excluding hydrogens is 232 g/mol. The van der Waals surface area contributed by atoms with Crippen molar-refractivity contribution in [2.75, 3.05) is 0 Å². The lowest BCUT2D eigenvalue weighted by molar-refractivity contribution is -0.134. The Morgan fingerprint density at radius 3 is 3.11 bits per heavy atom. The van der Waals surface area contributed by atoms with E-state index < -0.39 is 0 Å². The zero-order chi connectivity index (χ0) is 12.8. The predicted molar refractivity (Wildman–Crippen MR) is 65.2 cm³/mol. The van der Waals surface area contributed by atoms with Crippen molar-refractivity contribution in [3.8, 4) is 5.75 Å². The highest BCUT2D eigenvalue weighted by Crippen LogP contribution is 2.15. The number of carbonyl (C=O) groups is 1. The van der Waals surface area contributed by atoms with Gasteiger partial charge in [-0.05, 0) is 6.42 Å². The van der Waals surface area contributed by atoms with Crippen LogP contribution in [0.25, 0.3) is 5.65 Å². The van der Waals surface area contributed by atoms with Crippen LogP contribution in [0.2, 0.25) is 0 Å². The van der Waals surface area contributed by atoms with Gasteiger partial charge in [0, 0.05) is 6.42 Å². The number of carbonyl (C=O) groups excluding carboxylic acids is 1. The Hall–Kier alpha value is -1.98. The van der Waals surface area contributed by atoms with Crippen molar-refractivity contribution in [3.63, 3.8) is 0 Å². The molecule has 0 saturated carbocycles. The van der Waals surface area contributed by atoms with Crippen LogP contribution in [0.5, 0.6) is 5.75 Å². The largest absolute Gasteiger partial charge is 0.421 e. The first-order valence-corrected chi connectivity index (χ1v) is 6.15. The van der Waals surface area contributed by atoms with Crippen LogP contribution in [-0.2, 0) is 4.79 Å². The number of fused-ring (bicyclic) bond motifs is 1. The molecule has 2 heterocycles. The topological polar surface area (TPSA) is 69.4 Å². The first-order chi connectivity index (χ1) is 8.81. The van der Waals surface area contributed by atoms with Gasteiger partial charge in [0.1, 0.15) is 12.7 Å². The minimum Gasteiger partial charge on any atom is -0.421 e. The van der Waals surface area contributed by atoms with Crippen LogP contribution in [0.3, 0.4) is 0 Å². The molecule has 96 valence electrons. The van der Waals surface area contributed by atoms with Crippen LogP contribution in [0, 0.1) is 0 Å². The lowest BCUT2D eigenvalue weighted by Crippen LogP contribution is -2.09. The fourth-order valence-corrected chi connectivity index (χ4v) is 1.67. The van der Waals surface area contributed by atoms with Crippen molar-refractivity contribution in [1.82, 2.24) is 19.6 Å². The van der Waals surface area contributed by atoms with Crippen LogP contribution in [0.15, 0.2) is 18.9 Å². The van der Waals surface area contributed by atoms with E-state index in [4.69, 9.17) is 4.74 Å². The molecule has 18 heavy (non-hydrogen) atoms. The molecule has 0 radical (unpaired) electrons.